The number of aromatic hydroxyl groups is 3. The lowest BCUT2D eigenvalue weighted by molar-refractivity contribution is 0.414. The van der Waals surface area contributed by atoms with Crippen LogP contribution in [0.5, 0.6) is 17.2 Å². The molecule has 0 amide bonds. The van der Waals surface area contributed by atoms with Crippen LogP contribution in [-0.2, 0) is 12.8 Å². The summed E-state index contributed by atoms with van der Waals surface area (Å²) in [6.45, 7) is 1.61. The number of phenolic OH excluding ortho intramolecular Hbond substituents is 3. The Morgan fingerprint density at radius 3 is 2.27 bits per heavy atom. The van der Waals surface area contributed by atoms with Gasteiger partial charge in [-0.15, -0.1) is 0 Å². The smallest absolute Gasteiger partial charge is 0.140 e. The van der Waals surface area contributed by atoms with Crippen molar-refractivity contribution >= 4 is 21.8 Å². The maximum atomic E-state index is 11.2. The summed E-state index contributed by atoms with van der Waals surface area (Å²) in [6, 6.07) is 4.98. The highest BCUT2D eigenvalue weighted by Gasteiger charge is 2.20. The minimum Gasteiger partial charge on any atom is -0.507 e. The molecule has 0 atom stereocenters. The zero-order valence-electron chi connectivity index (χ0n) is 17.5. The highest BCUT2D eigenvalue weighted by Crippen LogP contribution is 2.45. The maximum absolute atomic E-state index is 11.2. The molecule has 0 aliphatic heterocycles. The van der Waals surface area contributed by atoms with Crippen molar-refractivity contribution in [2.75, 3.05) is 34.2 Å². The van der Waals surface area contributed by atoms with Gasteiger partial charge in [-0.05, 0) is 69.9 Å². The van der Waals surface area contributed by atoms with Crippen LogP contribution in [0.2, 0.25) is 0 Å². The average molecular weight is 409 g/mol. The lowest BCUT2D eigenvalue weighted by Crippen LogP contribution is -2.14. The summed E-state index contributed by atoms with van der Waals surface area (Å²) in [4.78, 5) is 8.43. The topological polar surface area (TPSA) is 108 Å². The molecule has 0 unspecified atom stereocenters. The van der Waals surface area contributed by atoms with E-state index < -0.39 is 0 Å². The fourth-order valence-corrected chi connectivity index (χ4v) is 4.07. The van der Waals surface area contributed by atoms with Crippen LogP contribution in [0, 0.1) is 0 Å². The Morgan fingerprint density at radius 2 is 1.57 bits per heavy atom. The van der Waals surface area contributed by atoms with E-state index in [9.17, 15) is 15.3 Å². The quantitative estimate of drug-likeness (QED) is 0.263. The molecule has 30 heavy (non-hydrogen) atoms. The number of fused-ring (bicyclic) bond motifs is 2. The van der Waals surface area contributed by atoms with Gasteiger partial charge in [-0.25, -0.2) is 0 Å². The highest BCUT2D eigenvalue weighted by atomic mass is 16.3. The third kappa shape index (κ3) is 3.36. The molecule has 158 valence electrons. The van der Waals surface area contributed by atoms with Gasteiger partial charge in [-0.3, -0.25) is 0 Å². The molecule has 0 aliphatic carbocycles. The first-order valence-corrected chi connectivity index (χ1v) is 10.1. The lowest BCUT2D eigenvalue weighted by Gasteiger charge is -2.12. The molecule has 2 aromatic carbocycles. The number of hydrogen-bond donors (Lipinski definition) is 6. The van der Waals surface area contributed by atoms with Crippen molar-refractivity contribution in [1.82, 2.24) is 20.2 Å². The zero-order chi connectivity index (χ0) is 21.4. The Hall–Kier alpha value is -3.16. The van der Waals surface area contributed by atoms with Crippen LogP contribution in [0.25, 0.3) is 32.9 Å². The lowest BCUT2D eigenvalue weighted by atomic mass is 9.96. The van der Waals surface area contributed by atoms with Gasteiger partial charge in [0.1, 0.15) is 17.2 Å². The molecule has 0 fully saturated rings. The number of aromatic nitrogens is 2. The number of nitrogens with one attached hydrogen (secondary N) is 3. The second kappa shape index (κ2) is 7.93. The summed E-state index contributed by atoms with van der Waals surface area (Å²) in [5.41, 5.74) is 4.47. The summed E-state index contributed by atoms with van der Waals surface area (Å²) in [5.74, 6) is 0.394. The monoisotopic (exact) mass is 408 g/mol. The first kappa shape index (κ1) is 20.1. The molecule has 0 saturated carbocycles. The molecule has 6 N–H and O–H groups in total. The van der Waals surface area contributed by atoms with Gasteiger partial charge in [-0.2, -0.15) is 0 Å². The SMILES string of the molecule is CNCCc1c[nH]c2c(O)cc(-c3ccc(O)c4c(CCN(C)C)c[nH]c34)c(O)c12. The number of benzene rings is 2. The normalized spacial score (nSPS) is 11.9. The number of H-pyrrole nitrogens is 2. The van der Waals surface area contributed by atoms with Crippen LogP contribution in [0.1, 0.15) is 11.1 Å². The van der Waals surface area contributed by atoms with E-state index in [2.05, 4.69) is 20.2 Å². The third-order valence-corrected chi connectivity index (χ3v) is 5.65. The summed E-state index contributed by atoms with van der Waals surface area (Å²) >= 11 is 0. The van der Waals surface area contributed by atoms with Crippen LogP contribution in [-0.4, -0.2) is 64.4 Å². The summed E-state index contributed by atoms with van der Waals surface area (Å²) < 4.78 is 0. The van der Waals surface area contributed by atoms with Crippen molar-refractivity contribution in [3.63, 3.8) is 0 Å². The average Bonchev–Trinajstić information content (AvgIpc) is 3.33. The fourth-order valence-electron chi connectivity index (χ4n) is 4.07. The van der Waals surface area contributed by atoms with Gasteiger partial charge < -0.3 is 35.5 Å². The molecular weight excluding hydrogens is 380 g/mol. The molecule has 0 radical (unpaired) electrons. The van der Waals surface area contributed by atoms with Crippen LogP contribution < -0.4 is 5.32 Å². The predicted molar refractivity (Wildman–Crippen MR) is 120 cm³/mol. The minimum atomic E-state index is 0.0779. The summed E-state index contributed by atoms with van der Waals surface area (Å²) in [7, 11) is 5.90. The summed E-state index contributed by atoms with van der Waals surface area (Å²) in [6.07, 6.45) is 5.23. The number of likely N-dealkylation sites (N-methyl/N-ethyl adjacent to an activating group) is 2. The van der Waals surface area contributed by atoms with Gasteiger partial charge in [0, 0.05) is 40.8 Å². The predicted octanol–water partition coefficient (Wildman–Crippen LogP) is 3.30. The molecule has 7 nitrogen and oxygen atoms in total. The van der Waals surface area contributed by atoms with Crippen LogP contribution in [0.4, 0.5) is 0 Å². The number of phenols is 3. The van der Waals surface area contributed by atoms with Crippen molar-refractivity contribution in [2.45, 2.75) is 12.8 Å². The molecular formula is C23H28N4O3. The maximum Gasteiger partial charge on any atom is 0.140 e. The van der Waals surface area contributed by atoms with Crippen molar-refractivity contribution < 1.29 is 15.3 Å². The number of rotatable bonds is 7. The summed E-state index contributed by atoms with van der Waals surface area (Å²) in [5, 5.41) is 36.8. The van der Waals surface area contributed by atoms with Crippen LogP contribution in [0.15, 0.2) is 30.6 Å². The molecule has 4 rings (SSSR count). The highest BCUT2D eigenvalue weighted by molar-refractivity contribution is 6.06. The number of aromatic amines is 2. The van der Waals surface area contributed by atoms with Gasteiger partial charge in [-0.1, -0.05) is 0 Å². The Labute approximate surface area is 175 Å². The molecule has 0 bridgehead atoms. The first-order chi connectivity index (χ1) is 14.4. The van der Waals surface area contributed by atoms with E-state index in [1.54, 1.807) is 18.2 Å². The molecule has 2 heterocycles. The van der Waals surface area contributed by atoms with E-state index in [1.165, 1.54) is 0 Å². The van der Waals surface area contributed by atoms with Crippen LogP contribution >= 0.6 is 0 Å². The van der Waals surface area contributed by atoms with Gasteiger partial charge >= 0.3 is 0 Å². The van der Waals surface area contributed by atoms with Crippen molar-refractivity contribution in [2.24, 2.45) is 0 Å². The zero-order valence-corrected chi connectivity index (χ0v) is 17.5. The fraction of sp³-hybridized carbons (Fsp3) is 0.304. The molecule has 4 aromatic rings. The van der Waals surface area contributed by atoms with E-state index in [1.807, 2.05) is 33.5 Å². The van der Waals surface area contributed by atoms with Crippen molar-refractivity contribution in [3.05, 3.63) is 41.7 Å². The van der Waals surface area contributed by atoms with E-state index in [0.29, 0.717) is 16.5 Å². The Balaban J connectivity index is 1.90. The Morgan fingerprint density at radius 1 is 0.867 bits per heavy atom. The standard InChI is InChI=1S/C23H28N4O3/c1-24-8-6-13-11-26-22-18(29)10-16(23(30)20(13)22)15-4-5-17(28)19-14(7-9-27(2)3)12-25-21(15)19/h4-5,10-12,24-26,28-30H,6-9H2,1-3H3. The van der Waals surface area contributed by atoms with Crippen molar-refractivity contribution in [1.29, 1.82) is 0 Å². The number of hydrogen-bond acceptors (Lipinski definition) is 5. The molecule has 2 aromatic heterocycles. The molecule has 0 aliphatic rings. The van der Waals surface area contributed by atoms with E-state index >= 15 is 0 Å². The molecule has 7 heteroatoms. The van der Waals surface area contributed by atoms with E-state index in [-0.39, 0.29) is 17.2 Å². The minimum absolute atomic E-state index is 0.0779. The van der Waals surface area contributed by atoms with E-state index in [0.717, 1.165) is 53.5 Å². The largest absolute Gasteiger partial charge is 0.507 e. The van der Waals surface area contributed by atoms with Gasteiger partial charge in [0.2, 0.25) is 0 Å². The van der Waals surface area contributed by atoms with E-state index in [4.69, 9.17) is 0 Å². The molecule has 0 spiro atoms. The molecule has 0 saturated heterocycles. The Bertz CT molecular complexity index is 1210. The third-order valence-electron chi connectivity index (χ3n) is 5.65. The van der Waals surface area contributed by atoms with Gasteiger partial charge in [0.05, 0.1) is 11.0 Å². The van der Waals surface area contributed by atoms with Gasteiger partial charge in [0.25, 0.3) is 0 Å². The second-order valence-corrected chi connectivity index (χ2v) is 7.96. The second-order valence-electron chi connectivity index (χ2n) is 7.96. The number of nitrogens with zero attached hydrogens (tertiary/aromatic N) is 1. The van der Waals surface area contributed by atoms with Gasteiger partial charge in [0.15, 0.2) is 0 Å². The van der Waals surface area contributed by atoms with Crippen molar-refractivity contribution in [3.8, 4) is 28.4 Å². The first-order valence-electron chi connectivity index (χ1n) is 10.1. The Kier molecular flexibility index (Phi) is 5.32. The van der Waals surface area contributed by atoms with Crippen LogP contribution in [0.3, 0.4) is 0 Å².